The molecule has 1 fully saturated rings. The van der Waals surface area contributed by atoms with Gasteiger partial charge in [-0.3, -0.25) is 0 Å². The number of hydrogen-bond donors (Lipinski definition) is 1. The lowest BCUT2D eigenvalue weighted by Crippen LogP contribution is -2.39. The van der Waals surface area contributed by atoms with E-state index in [0.717, 1.165) is 31.2 Å². The molecule has 0 spiro atoms. The topological polar surface area (TPSA) is 20.2 Å². The number of halogens is 1. The van der Waals surface area contributed by atoms with Crippen LogP contribution in [0.15, 0.2) is 24.3 Å². The van der Waals surface area contributed by atoms with Crippen molar-refractivity contribution in [3.05, 3.63) is 35.6 Å². The van der Waals surface area contributed by atoms with Crippen LogP contribution in [0.25, 0.3) is 0 Å². The first-order valence-corrected chi connectivity index (χ1v) is 7.25. The third kappa shape index (κ3) is 3.79. The van der Waals surface area contributed by atoms with Gasteiger partial charge in [-0.2, -0.15) is 0 Å². The van der Waals surface area contributed by atoms with E-state index in [1.165, 1.54) is 12.1 Å². The van der Waals surface area contributed by atoms with E-state index in [-0.39, 0.29) is 5.82 Å². The van der Waals surface area contributed by atoms with Crippen molar-refractivity contribution in [2.45, 2.75) is 58.5 Å². The third-order valence-electron chi connectivity index (χ3n) is 4.59. The van der Waals surface area contributed by atoms with E-state index in [1.807, 2.05) is 0 Å². The molecular weight excluding hydrogens is 239 g/mol. The summed E-state index contributed by atoms with van der Waals surface area (Å²) >= 11 is 0. The molecule has 0 saturated heterocycles. The zero-order chi connectivity index (χ0) is 14.1. The molecule has 106 valence electrons. The SMILES string of the molecule is CC(C)(C)C1CCC(O)(Cc2ccc(F)cc2)CC1. The van der Waals surface area contributed by atoms with Gasteiger partial charge in [-0.05, 0) is 54.7 Å². The van der Waals surface area contributed by atoms with E-state index in [4.69, 9.17) is 0 Å². The molecule has 0 bridgehead atoms. The second-order valence-electron chi connectivity index (χ2n) is 7.17. The lowest BCUT2D eigenvalue weighted by Gasteiger charge is -2.41. The van der Waals surface area contributed by atoms with E-state index in [0.29, 0.717) is 17.8 Å². The van der Waals surface area contributed by atoms with Gasteiger partial charge in [-0.25, -0.2) is 4.39 Å². The largest absolute Gasteiger partial charge is 0.390 e. The maximum atomic E-state index is 12.9. The van der Waals surface area contributed by atoms with Gasteiger partial charge in [-0.1, -0.05) is 32.9 Å². The van der Waals surface area contributed by atoms with Gasteiger partial charge >= 0.3 is 0 Å². The summed E-state index contributed by atoms with van der Waals surface area (Å²) in [7, 11) is 0. The minimum absolute atomic E-state index is 0.216. The quantitative estimate of drug-likeness (QED) is 0.842. The summed E-state index contributed by atoms with van der Waals surface area (Å²) in [5.74, 6) is 0.480. The average molecular weight is 264 g/mol. The highest BCUT2D eigenvalue weighted by Gasteiger charge is 2.37. The lowest BCUT2D eigenvalue weighted by atomic mass is 9.67. The monoisotopic (exact) mass is 264 g/mol. The summed E-state index contributed by atoms with van der Waals surface area (Å²) in [6.45, 7) is 6.84. The summed E-state index contributed by atoms with van der Waals surface area (Å²) in [5, 5.41) is 10.7. The van der Waals surface area contributed by atoms with E-state index in [9.17, 15) is 9.50 Å². The summed E-state index contributed by atoms with van der Waals surface area (Å²) < 4.78 is 12.9. The Kier molecular flexibility index (Phi) is 4.00. The van der Waals surface area contributed by atoms with E-state index in [2.05, 4.69) is 20.8 Å². The number of rotatable bonds is 2. The molecule has 19 heavy (non-hydrogen) atoms. The molecule has 0 unspecified atom stereocenters. The van der Waals surface area contributed by atoms with Gasteiger partial charge < -0.3 is 5.11 Å². The van der Waals surface area contributed by atoms with Crippen LogP contribution in [-0.2, 0) is 6.42 Å². The van der Waals surface area contributed by atoms with Crippen molar-refractivity contribution in [2.75, 3.05) is 0 Å². The van der Waals surface area contributed by atoms with E-state index >= 15 is 0 Å². The van der Waals surface area contributed by atoms with Crippen LogP contribution in [0.3, 0.4) is 0 Å². The van der Waals surface area contributed by atoms with Crippen LogP contribution < -0.4 is 0 Å². The number of aliphatic hydroxyl groups is 1. The van der Waals surface area contributed by atoms with E-state index in [1.54, 1.807) is 12.1 Å². The molecule has 1 aromatic rings. The molecular formula is C17H25FO. The lowest BCUT2D eigenvalue weighted by molar-refractivity contribution is -0.0245. The Morgan fingerprint density at radius 1 is 1.16 bits per heavy atom. The normalized spacial score (nSPS) is 28.4. The van der Waals surface area contributed by atoms with Crippen LogP contribution >= 0.6 is 0 Å². The second kappa shape index (κ2) is 5.24. The van der Waals surface area contributed by atoms with Crippen LogP contribution in [0.4, 0.5) is 4.39 Å². The molecule has 1 aliphatic carbocycles. The minimum Gasteiger partial charge on any atom is -0.390 e. The first-order chi connectivity index (χ1) is 8.78. The Morgan fingerprint density at radius 3 is 2.16 bits per heavy atom. The standard InChI is InChI=1S/C17H25FO/c1-16(2,3)14-8-10-17(19,11-9-14)12-13-4-6-15(18)7-5-13/h4-7,14,19H,8-12H2,1-3H3. The minimum atomic E-state index is -0.598. The Balaban J connectivity index is 1.96. The first kappa shape index (κ1) is 14.5. The Labute approximate surface area is 115 Å². The van der Waals surface area contributed by atoms with Crippen LogP contribution in [0, 0.1) is 17.2 Å². The van der Waals surface area contributed by atoms with Gasteiger partial charge in [0.15, 0.2) is 0 Å². The highest BCUT2D eigenvalue weighted by molar-refractivity contribution is 5.18. The maximum absolute atomic E-state index is 12.9. The molecule has 1 nitrogen and oxygen atoms in total. The average Bonchev–Trinajstić information content (AvgIpc) is 2.31. The van der Waals surface area contributed by atoms with Gasteiger partial charge in [0.1, 0.15) is 5.82 Å². The fraction of sp³-hybridized carbons (Fsp3) is 0.647. The predicted octanol–water partition coefficient (Wildman–Crippen LogP) is 4.34. The van der Waals surface area contributed by atoms with Crippen molar-refractivity contribution in [3.8, 4) is 0 Å². The number of hydrogen-bond acceptors (Lipinski definition) is 1. The smallest absolute Gasteiger partial charge is 0.123 e. The molecule has 0 aromatic heterocycles. The zero-order valence-corrected chi connectivity index (χ0v) is 12.2. The van der Waals surface area contributed by atoms with Gasteiger partial charge in [0, 0.05) is 6.42 Å². The van der Waals surface area contributed by atoms with Crippen molar-refractivity contribution < 1.29 is 9.50 Å². The van der Waals surface area contributed by atoms with Crippen molar-refractivity contribution in [2.24, 2.45) is 11.3 Å². The summed E-state index contributed by atoms with van der Waals surface area (Å²) in [4.78, 5) is 0. The molecule has 0 radical (unpaired) electrons. The van der Waals surface area contributed by atoms with Gasteiger partial charge in [0.05, 0.1) is 5.60 Å². The highest BCUT2D eigenvalue weighted by Crippen LogP contribution is 2.42. The molecule has 0 heterocycles. The van der Waals surface area contributed by atoms with Gasteiger partial charge in [0.25, 0.3) is 0 Å². The highest BCUT2D eigenvalue weighted by atomic mass is 19.1. The van der Waals surface area contributed by atoms with Gasteiger partial charge in [-0.15, -0.1) is 0 Å². The van der Waals surface area contributed by atoms with Crippen LogP contribution in [0.1, 0.15) is 52.0 Å². The van der Waals surface area contributed by atoms with Crippen molar-refractivity contribution >= 4 is 0 Å². The Hall–Kier alpha value is -0.890. The molecule has 0 atom stereocenters. The maximum Gasteiger partial charge on any atom is 0.123 e. The zero-order valence-electron chi connectivity index (χ0n) is 12.2. The summed E-state index contributed by atoms with van der Waals surface area (Å²) in [5.41, 5.74) is 0.759. The Morgan fingerprint density at radius 2 is 1.68 bits per heavy atom. The second-order valence-corrected chi connectivity index (χ2v) is 7.17. The first-order valence-electron chi connectivity index (χ1n) is 7.25. The predicted molar refractivity (Wildman–Crippen MR) is 76.5 cm³/mol. The molecule has 2 rings (SSSR count). The van der Waals surface area contributed by atoms with E-state index < -0.39 is 5.60 Å². The Bertz CT molecular complexity index is 408. The fourth-order valence-corrected chi connectivity index (χ4v) is 3.18. The van der Waals surface area contributed by atoms with Crippen molar-refractivity contribution in [3.63, 3.8) is 0 Å². The van der Waals surface area contributed by atoms with Crippen molar-refractivity contribution in [1.29, 1.82) is 0 Å². The summed E-state index contributed by atoms with van der Waals surface area (Å²) in [6.07, 6.45) is 4.52. The molecule has 0 aliphatic heterocycles. The molecule has 1 aromatic carbocycles. The van der Waals surface area contributed by atoms with Crippen LogP contribution in [-0.4, -0.2) is 10.7 Å². The van der Waals surface area contributed by atoms with Crippen LogP contribution in [0.5, 0.6) is 0 Å². The molecule has 1 N–H and O–H groups in total. The van der Waals surface area contributed by atoms with Gasteiger partial charge in [0.2, 0.25) is 0 Å². The molecule has 0 amide bonds. The van der Waals surface area contributed by atoms with Crippen molar-refractivity contribution in [1.82, 2.24) is 0 Å². The summed E-state index contributed by atoms with van der Waals surface area (Å²) in [6, 6.07) is 6.51. The fourth-order valence-electron chi connectivity index (χ4n) is 3.18. The third-order valence-corrected chi connectivity index (χ3v) is 4.59. The molecule has 2 heteroatoms. The molecule has 1 aliphatic rings. The number of benzene rings is 1. The van der Waals surface area contributed by atoms with Crippen LogP contribution in [0.2, 0.25) is 0 Å². The molecule has 1 saturated carbocycles.